The van der Waals surface area contributed by atoms with E-state index < -0.39 is 51.0 Å². The van der Waals surface area contributed by atoms with Crippen LogP contribution in [0, 0.1) is 0 Å². The van der Waals surface area contributed by atoms with Crippen LogP contribution in [0.1, 0.15) is 47.1 Å². The molecule has 52 heavy (non-hydrogen) atoms. The Kier molecular flexibility index (Phi) is 11.8. The molecule has 8 nitrogen and oxygen atoms in total. The molecule has 0 saturated carbocycles. The zero-order valence-corrected chi connectivity index (χ0v) is 30.5. The van der Waals surface area contributed by atoms with E-state index in [0.29, 0.717) is 5.56 Å². The van der Waals surface area contributed by atoms with Gasteiger partial charge in [0.25, 0.3) is 8.32 Å². The van der Waals surface area contributed by atoms with Gasteiger partial charge in [0.15, 0.2) is 18.5 Å². The highest BCUT2D eigenvalue weighted by Crippen LogP contribution is 2.38. The van der Waals surface area contributed by atoms with Crippen LogP contribution in [0.3, 0.4) is 0 Å². The smallest absolute Gasteiger partial charge is 0.338 e. The first-order valence-corrected chi connectivity index (χ1v) is 19.3. The number of aliphatic hydroxyl groups excluding tert-OH is 1. The van der Waals surface area contributed by atoms with Crippen molar-refractivity contribution in [3.8, 4) is 0 Å². The molecule has 0 aliphatic carbocycles. The fourth-order valence-corrected chi connectivity index (χ4v) is 11.3. The lowest BCUT2D eigenvalue weighted by Gasteiger charge is -2.47. The quantitative estimate of drug-likeness (QED) is 0.118. The molecule has 1 unspecified atom stereocenters. The van der Waals surface area contributed by atoms with Crippen LogP contribution in [0.25, 0.3) is 0 Å². The summed E-state index contributed by atoms with van der Waals surface area (Å²) in [6.45, 7) is 6.50. The number of ether oxygens (including phenoxy) is 4. The normalized spacial score (nSPS) is 20.5. The molecule has 1 fully saturated rings. The second-order valence-electron chi connectivity index (χ2n) is 13.8. The maximum absolute atomic E-state index is 13.8. The van der Waals surface area contributed by atoms with Crippen LogP contribution in [0.4, 0.5) is 0 Å². The summed E-state index contributed by atoms with van der Waals surface area (Å²) in [5.41, 5.74) is 1.44. The average molecular weight is 717 g/mol. The fourth-order valence-electron chi connectivity index (χ4n) is 6.75. The van der Waals surface area contributed by atoms with Gasteiger partial charge in [0, 0.05) is 0 Å². The van der Waals surface area contributed by atoms with Crippen LogP contribution >= 0.6 is 0 Å². The number of esters is 2. The van der Waals surface area contributed by atoms with Gasteiger partial charge in [0.2, 0.25) is 0 Å². The maximum atomic E-state index is 13.8. The van der Waals surface area contributed by atoms with Crippen LogP contribution in [-0.2, 0) is 30.0 Å². The van der Waals surface area contributed by atoms with Gasteiger partial charge in [-0.15, -0.1) is 0 Å². The molecule has 1 aliphatic heterocycles. The standard InChI is InChI=1S/C43H44O8Si/c1-43(2,3)52(34-25-15-7-16-26-34,35-27-17-8-18-28-35)48-30-36-37(50-40(44)32-21-11-5-12-22-32)38(47-29-31-19-9-4-10-20-31)39(42(46)49-36)51-41(45)33-23-13-6-14-24-33/h4-28,36-39,42,46H,29-30H2,1-3H3/t36-,37+,38+,39-,42?/m1/s1. The van der Waals surface area contributed by atoms with Crippen LogP contribution in [-0.4, -0.2) is 62.7 Å². The molecule has 5 aromatic carbocycles. The molecule has 0 bridgehead atoms. The third kappa shape index (κ3) is 8.25. The average Bonchev–Trinajstić information content (AvgIpc) is 3.17. The maximum Gasteiger partial charge on any atom is 0.338 e. The van der Waals surface area contributed by atoms with Crippen molar-refractivity contribution in [1.82, 2.24) is 0 Å². The lowest BCUT2D eigenvalue weighted by atomic mass is 9.98. The van der Waals surface area contributed by atoms with Crippen molar-refractivity contribution in [2.75, 3.05) is 6.61 Å². The highest BCUT2D eigenvalue weighted by atomic mass is 28.4. The zero-order chi connectivity index (χ0) is 36.6. The third-order valence-electron chi connectivity index (χ3n) is 9.28. The molecule has 268 valence electrons. The first-order valence-electron chi connectivity index (χ1n) is 17.4. The first-order chi connectivity index (χ1) is 25.2. The monoisotopic (exact) mass is 716 g/mol. The fraction of sp³-hybridized carbons (Fsp3) is 0.256. The Hall–Kier alpha value is -4.90. The Balaban J connectivity index is 1.40. The summed E-state index contributed by atoms with van der Waals surface area (Å²) in [6, 6.07) is 46.8. The van der Waals surface area contributed by atoms with E-state index in [2.05, 4.69) is 45.0 Å². The molecule has 5 atom stereocenters. The van der Waals surface area contributed by atoms with Crippen molar-refractivity contribution in [3.05, 3.63) is 168 Å². The van der Waals surface area contributed by atoms with Gasteiger partial charge in [-0.25, -0.2) is 9.59 Å². The van der Waals surface area contributed by atoms with E-state index >= 15 is 0 Å². The number of rotatable bonds is 12. The summed E-state index contributed by atoms with van der Waals surface area (Å²) in [5.74, 6) is -1.31. The summed E-state index contributed by atoms with van der Waals surface area (Å²) in [5, 5.41) is 13.4. The molecule has 5 aromatic rings. The Morgan fingerprint density at radius 3 is 1.50 bits per heavy atom. The molecule has 0 aromatic heterocycles. The molecule has 0 radical (unpaired) electrons. The van der Waals surface area contributed by atoms with Gasteiger partial charge in [0.1, 0.15) is 12.2 Å². The second-order valence-corrected chi connectivity index (χ2v) is 18.1. The van der Waals surface area contributed by atoms with Gasteiger partial charge in [-0.3, -0.25) is 0 Å². The number of hydrogen-bond donors (Lipinski definition) is 1. The molecule has 0 spiro atoms. The van der Waals surface area contributed by atoms with Crippen molar-refractivity contribution >= 4 is 30.6 Å². The Morgan fingerprint density at radius 2 is 1.04 bits per heavy atom. The van der Waals surface area contributed by atoms with Crippen molar-refractivity contribution in [2.45, 2.75) is 63.1 Å². The molecule has 9 heteroatoms. The van der Waals surface area contributed by atoms with E-state index in [9.17, 15) is 14.7 Å². The molecule has 1 heterocycles. The predicted octanol–water partition coefficient (Wildman–Crippen LogP) is 6.32. The van der Waals surface area contributed by atoms with E-state index in [1.165, 1.54) is 0 Å². The van der Waals surface area contributed by atoms with E-state index in [1.807, 2.05) is 72.8 Å². The summed E-state index contributed by atoms with van der Waals surface area (Å²) in [7, 11) is -3.10. The van der Waals surface area contributed by atoms with Gasteiger partial charge in [-0.1, -0.05) is 148 Å². The minimum absolute atomic E-state index is 0.0678. The lowest BCUT2D eigenvalue weighted by Crippen LogP contribution is -2.68. The summed E-state index contributed by atoms with van der Waals surface area (Å²) < 4.78 is 32.2. The van der Waals surface area contributed by atoms with E-state index in [0.717, 1.165) is 15.9 Å². The van der Waals surface area contributed by atoms with Crippen LogP contribution in [0.2, 0.25) is 5.04 Å². The highest BCUT2D eigenvalue weighted by molar-refractivity contribution is 6.99. The minimum Gasteiger partial charge on any atom is -0.453 e. The third-order valence-corrected chi connectivity index (χ3v) is 14.3. The molecule has 6 rings (SSSR count). The Morgan fingerprint density at radius 1 is 0.615 bits per heavy atom. The Bertz CT molecular complexity index is 1830. The molecule has 1 aliphatic rings. The molecule has 1 N–H and O–H groups in total. The van der Waals surface area contributed by atoms with E-state index in [-0.39, 0.29) is 23.8 Å². The molecular weight excluding hydrogens is 673 g/mol. The summed E-state index contributed by atoms with van der Waals surface area (Å²) in [6.07, 6.45) is -6.30. The van der Waals surface area contributed by atoms with Gasteiger partial charge < -0.3 is 28.5 Å². The summed E-state index contributed by atoms with van der Waals surface area (Å²) >= 11 is 0. The second kappa shape index (κ2) is 16.6. The number of carbonyl (C=O) groups is 2. The topological polar surface area (TPSA) is 101 Å². The zero-order valence-electron chi connectivity index (χ0n) is 29.5. The van der Waals surface area contributed by atoms with Crippen molar-refractivity contribution in [3.63, 3.8) is 0 Å². The summed E-state index contributed by atoms with van der Waals surface area (Å²) in [4.78, 5) is 27.2. The molecule has 0 amide bonds. The molecular formula is C43H44O8Si. The van der Waals surface area contributed by atoms with Crippen molar-refractivity contribution in [1.29, 1.82) is 0 Å². The van der Waals surface area contributed by atoms with Gasteiger partial charge in [-0.05, 0) is 45.2 Å². The number of hydrogen-bond acceptors (Lipinski definition) is 8. The first kappa shape index (κ1) is 36.9. The van der Waals surface area contributed by atoms with Gasteiger partial charge >= 0.3 is 11.9 Å². The highest BCUT2D eigenvalue weighted by Gasteiger charge is 2.54. The van der Waals surface area contributed by atoms with Crippen molar-refractivity contribution in [2.24, 2.45) is 0 Å². The van der Waals surface area contributed by atoms with E-state index in [4.69, 9.17) is 23.4 Å². The minimum atomic E-state index is -3.10. The van der Waals surface area contributed by atoms with Crippen molar-refractivity contribution < 1.29 is 38.1 Å². The Labute approximate surface area is 306 Å². The predicted molar refractivity (Wildman–Crippen MR) is 201 cm³/mol. The van der Waals surface area contributed by atoms with E-state index in [1.54, 1.807) is 54.6 Å². The largest absolute Gasteiger partial charge is 0.453 e. The molecule has 1 saturated heterocycles. The van der Waals surface area contributed by atoms with Crippen LogP contribution in [0.5, 0.6) is 0 Å². The number of carbonyl (C=O) groups excluding carboxylic acids is 2. The number of benzene rings is 5. The number of aliphatic hydroxyl groups is 1. The van der Waals surface area contributed by atoms with Gasteiger partial charge in [-0.2, -0.15) is 0 Å². The lowest BCUT2D eigenvalue weighted by molar-refractivity contribution is -0.293. The van der Waals surface area contributed by atoms with Crippen LogP contribution < -0.4 is 10.4 Å². The SMILES string of the molecule is CC(C)(C)[Si](OC[C@H]1OC(O)[C@H](OC(=O)c2ccccc2)[C@@H](OCc2ccccc2)[C@H]1OC(=O)c1ccccc1)(c1ccccc1)c1ccccc1. The van der Waals surface area contributed by atoms with Gasteiger partial charge in [0.05, 0.1) is 24.3 Å². The van der Waals surface area contributed by atoms with Crippen LogP contribution in [0.15, 0.2) is 152 Å².